The lowest BCUT2D eigenvalue weighted by Gasteiger charge is -2.10. The quantitative estimate of drug-likeness (QED) is 0.754. The SMILES string of the molecule is CCOc1ccc(C2=C(Nc3ccc(NC(C)=O)cc3)C(=O)N(C)C2=O)cc1. The van der Waals surface area contributed by atoms with E-state index in [1.807, 2.05) is 6.92 Å². The molecule has 0 aromatic heterocycles. The summed E-state index contributed by atoms with van der Waals surface area (Å²) in [6.07, 6.45) is 0. The first-order valence-electron chi connectivity index (χ1n) is 8.85. The zero-order chi connectivity index (χ0) is 20.3. The van der Waals surface area contributed by atoms with Crippen LogP contribution in [0.15, 0.2) is 54.2 Å². The molecule has 0 aliphatic carbocycles. The Balaban J connectivity index is 1.93. The van der Waals surface area contributed by atoms with E-state index in [0.717, 1.165) is 4.90 Å². The van der Waals surface area contributed by atoms with E-state index < -0.39 is 5.91 Å². The number of hydrogen-bond acceptors (Lipinski definition) is 5. The number of carbonyl (C=O) groups excluding carboxylic acids is 3. The van der Waals surface area contributed by atoms with Crippen LogP contribution in [-0.4, -0.2) is 36.3 Å². The lowest BCUT2D eigenvalue weighted by Crippen LogP contribution is -2.27. The molecule has 0 saturated heterocycles. The highest BCUT2D eigenvalue weighted by molar-refractivity contribution is 6.36. The summed E-state index contributed by atoms with van der Waals surface area (Å²) < 4.78 is 5.43. The number of likely N-dealkylation sites (N-methyl/N-ethyl adjacent to an activating group) is 1. The highest BCUT2D eigenvalue weighted by Crippen LogP contribution is 2.30. The molecular weight excluding hydrogens is 358 g/mol. The first-order valence-corrected chi connectivity index (χ1v) is 8.85. The fraction of sp³-hybridized carbons (Fsp3) is 0.190. The minimum atomic E-state index is -0.403. The molecule has 7 heteroatoms. The van der Waals surface area contributed by atoms with E-state index in [1.165, 1.54) is 14.0 Å². The lowest BCUT2D eigenvalue weighted by atomic mass is 10.0. The van der Waals surface area contributed by atoms with Crippen molar-refractivity contribution in [2.24, 2.45) is 0 Å². The van der Waals surface area contributed by atoms with Gasteiger partial charge in [-0.2, -0.15) is 0 Å². The smallest absolute Gasteiger partial charge is 0.277 e. The van der Waals surface area contributed by atoms with Gasteiger partial charge in [-0.1, -0.05) is 12.1 Å². The number of nitrogens with one attached hydrogen (secondary N) is 2. The van der Waals surface area contributed by atoms with E-state index in [9.17, 15) is 14.4 Å². The summed E-state index contributed by atoms with van der Waals surface area (Å²) in [5.41, 5.74) is 2.42. The molecule has 0 saturated carbocycles. The fourth-order valence-electron chi connectivity index (χ4n) is 2.89. The number of imide groups is 1. The molecule has 7 nitrogen and oxygen atoms in total. The van der Waals surface area contributed by atoms with Crippen LogP contribution < -0.4 is 15.4 Å². The molecule has 28 heavy (non-hydrogen) atoms. The molecule has 1 aliphatic rings. The Morgan fingerprint density at radius 3 is 2.14 bits per heavy atom. The summed E-state index contributed by atoms with van der Waals surface area (Å²) in [5, 5.41) is 5.72. The standard InChI is InChI=1S/C21H21N3O4/c1-4-28-17-11-5-14(6-12-17)18-19(21(27)24(3)20(18)26)23-16-9-7-15(8-10-16)22-13(2)25/h5-12,23H,4H2,1-3H3,(H,22,25). The summed E-state index contributed by atoms with van der Waals surface area (Å²) in [6.45, 7) is 3.87. The van der Waals surface area contributed by atoms with Gasteiger partial charge in [-0.3, -0.25) is 19.3 Å². The van der Waals surface area contributed by atoms with Gasteiger partial charge in [0.1, 0.15) is 11.4 Å². The van der Waals surface area contributed by atoms with Crippen molar-refractivity contribution < 1.29 is 19.1 Å². The van der Waals surface area contributed by atoms with Gasteiger partial charge in [0.05, 0.1) is 12.2 Å². The van der Waals surface area contributed by atoms with Crippen molar-refractivity contribution >= 4 is 34.7 Å². The number of nitrogens with zero attached hydrogens (tertiary/aromatic N) is 1. The van der Waals surface area contributed by atoms with Gasteiger partial charge in [0.15, 0.2) is 0 Å². The van der Waals surface area contributed by atoms with Gasteiger partial charge in [0, 0.05) is 25.3 Å². The number of amides is 3. The second-order valence-corrected chi connectivity index (χ2v) is 6.26. The number of anilines is 2. The summed E-state index contributed by atoms with van der Waals surface area (Å²) >= 11 is 0. The molecule has 144 valence electrons. The zero-order valence-corrected chi connectivity index (χ0v) is 15.9. The van der Waals surface area contributed by atoms with Gasteiger partial charge in [-0.15, -0.1) is 0 Å². The Bertz CT molecular complexity index is 947. The van der Waals surface area contributed by atoms with Crippen molar-refractivity contribution in [3.05, 3.63) is 59.8 Å². The number of carbonyl (C=O) groups is 3. The van der Waals surface area contributed by atoms with Crippen LogP contribution >= 0.6 is 0 Å². The molecule has 2 aromatic carbocycles. The van der Waals surface area contributed by atoms with Crippen LogP contribution in [0.3, 0.4) is 0 Å². The summed E-state index contributed by atoms with van der Waals surface area (Å²) in [4.78, 5) is 37.4. The third-order valence-electron chi connectivity index (χ3n) is 4.22. The van der Waals surface area contributed by atoms with Gasteiger partial charge in [-0.05, 0) is 48.9 Å². The molecule has 2 N–H and O–H groups in total. The minimum absolute atomic E-state index is 0.167. The molecule has 0 radical (unpaired) electrons. The third kappa shape index (κ3) is 3.88. The molecule has 2 aromatic rings. The van der Waals surface area contributed by atoms with Gasteiger partial charge >= 0.3 is 0 Å². The Labute approximate surface area is 163 Å². The third-order valence-corrected chi connectivity index (χ3v) is 4.22. The molecule has 0 spiro atoms. The van der Waals surface area contributed by atoms with Gasteiger partial charge in [0.2, 0.25) is 5.91 Å². The Morgan fingerprint density at radius 1 is 0.964 bits per heavy atom. The van der Waals surface area contributed by atoms with Crippen LogP contribution in [-0.2, 0) is 14.4 Å². The monoisotopic (exact) mass is 379 g/mol. The summed E-state index contributed by atoms with van der Waals surface area (Å²) in [6, 6.07) is 13.9. The molecule has 3 rings (SSSR count). The fourth-order valence-corrected chi connectivity index (χ4v) is 2.89. The average molecular weight is 379 g/mol. The predicted molar refractivity (Wildman–Crippen MR) is 107 cm³/mol. The summed E-state index contributed by atoms with van der Waals surface area (Å²) in [7, 11) is 1.45. The molecule has 0 atom stereocenters. The largest absolute Gasteiger partial charge is 0.494 e. The minimum Gasteiger partial charge on any atom is -0.494 e. The van der Waals surface area contributed by atoms with Crippen molar-refractivity contribution in [1.29, 1.82) is 0 Å². The highest BCUT2D eigenvalue weighted by Gasteiger charge is 2.36. The maximum absolute atomic E-state index is 12.6. The Morgan fingerprint density at radius 2 is 1.57 bits per heavy atom. The second-order valence-electron chi connectivity index (χ2n) is 6.26. The number of rotatable bonds is 6. The van der Waals surface area contributed by atoms with Crippen LogP contribution in [0.1, 0.15) is 19.4 Å². The Kier molecular flexibility index (Phi) is 5.44. The molecule has 1 aliphatic heterocycles. The average Bonchev–Trinajstić information content (AvgIpc) is 2.88. The number of ether oxygens (including phenoxy) is 1. The molecule has 0 bridgehead atoms. The Hall–Kier alpha value is -3.61. The van der Waals surface area contributed by atoms with Crippen molar-refractivity contribution in [2.45, 2.75) is 13.8 Å². The van der Waals surface area contributed by atoms with Crippen LogP contribution in [0.25, 0.3) is 5.57 Å². The highest BCUT2D eigenvalue weighted by atomic mass is 16.5. The first-order chi connectivity index (χ1) is 13.4. The summed E-state index contributed by atoms with van der Waals surface area (Å²) in [5.74, 6) is -0.245. The van der Waals surface area contributed by atoms with E-state index in [4.69, 9.17) is 4.74 Å². The number of benzene rings is 2. The molecule has 0 unspecified atom stereocenters. The topological polar surface area (TPSA) is 87.7 Å². The molecular formula is C21H21N3O4. The van der Waals surface area contributed by atoms with E-state index in [0.29, 0.717) is 34.9 Å². The van der Waals surface area contributed by atoms with Crippen LogP contribution in [0, 0.1) is 0 Å². The van der Waals surface area contributed by atoms with Crippen molar-refractivity contribution in [1.82, 2.24) is 4.90 Å². The van der Waals surface area contributed by atoms with Crippen LogP contribution in [0.4, 0.5) is 11.4 Å². The molecule has 0 fully saturated rings. The predicted octanol–water partition coefficient (Wildman–Crippen LogP) is 2.87. The van der Waals surface area contributed by atoms with Crippen molar-refractivity contribution in [2.75, 3.05) is 24.3 Å². The zero-order valence-electron chi connectivity index (χ0n) is 15.9. The molecule has 3 amide bonds. The first kappa shape index (κ1) is 19.2. The maximum Gasteiger partial charge on any atom is 0.277 e. The molecule has 1 heterocycles. The van der Waals surface area contributed by atoms with Crippen LogP contribution in [0.5, 0.6) is 5.75 Å². The second kappa shape index (κ2) is 7.96. The van der Waals surface area contributed by atoms with E-state index >= 15 is 0 Å². The van der Waals surface area contributed by atoms with Crippen molar-refractivity contribution in [3.63, 3.8) is 0 Å². The van der Waals surface area contributed by atoms with E-state index in [2.05, 4.69) is 10.6 Å². The van der Waals surface area contributed by atoms with Crippen LogP contribution in [0.2, 0.25) is 0 Å². The van der Waals surface area contributed by atoms with Gasteiger partial charge < -0.3 is 15.4 Å². The van der Waals surface area contributed by atoms with E-state index in [1.54, 1.807) is 48.5 Å². The van der Waals surface area contributed by atoms with E-state index in [-0.39, 0.29) is 17.5 Å². The van der Waals surface area contributed by atoms with Gasteiger partial charge in [0.25, 0.3) is 11.8 Å². The maximum atomic E-state index is 12.6. The lowest BCUT2D eigenvalue weighted by molar-refractivity contribution is -0.135. The number of hydrogen-bond donors (Lipinski definition) is 2. The van der Waals surface area contributed by atoms with Gasteiger partial charge in [-0.25, -0.2) is 0 Å². The normalized spacial score (nSPS) is 13.8. The van der Waals surface area contributed by atoms with Crippen molar-refractivity contribution in [3.8, 4) is 5.75 Å².